The van der Waals surface area contributed by atoms with Gasteiger partial charge in [-0.3, -0.25) is 9.59 Å². The minimum absolute atomic E-state index is 0.170. The highest BCUT2D eigenvalue weighted by Gasteiger charge is 2.36. The van der Waals surface area contributed by atoms with Crippen LogP contribution in [0.1, 0.15) is 71.3 Å². The summed E-state index contributed by atoms with van der Waals surface area (Å²) in [7, 11) is -1.73. The molecule has 0 bridgehead atoms. The monoisotopic (exact) mass is 420 g/mol. The van der Waals surface area contributed by atoms with Crippen LogP contribution in [0.2, 0.25) is 18.1 Å². The highest BCUT2D eigenvalue weighted by molar-refractivity contribution is 6.74. The van der Waals surface area contributed by atoms with Crippen molar-refractivity contribution in [3.05, 3.63) is 35.9 Å². The summed E-state index contributed by atoms with van der Waals surface area (Å²) in [4.78, 5) is 24.0. The second kappa shape index (κ2) is 13.1. The fourth-order valence-electron chi connectivity index (χ4n) is 2.63. The standard InChI is InChI=1S/C24H40O4Si/c1-24(2,3)29(4,5)28-19-11-15-23(26)17-16-22(25)14-9-10-18-27-20-21-12-7-6-8-13-21/h6-8,12-13H,9-11,14-20H2,1-5H3. The van der Waals surface area contributed by atoms with Crippen molar-refractivity contribution in [2.75, 3.05) is 13.2 Å². The zero-order valence-electron chi connectivity index (χ0n) is 19.1. The maximum absolute atomic E-state index is 12.0. The van der Waals surface area contributed by atoms with E-state index in [0.717, 1.165) is 24.8 Å². The summed E-state index contributed by atoms with van der Waals surface area (Å²) in [6, 6.07) is 10.1. The van der Waals surface area contributed by atoms with E-state index in [1.807, 2.05) is 30.3 Å². The SMILES string of the molecule is CC(C)(C)[Si](C)(C)OCCCC(=O)CCC(=O)CCCCOCc1ccccc1. The van der Waals surface area contributed by atoms with Crippen LogP contribution in [0.4, 0.5) is 0 Å². The summed E-state index contributed by atoms with van der Waals surface area (Å²) < 4.78 is 11.7. The normalized spacial score (nSPS) is 12.2. The third kappa shape index (κ3) is 11.5. The molecule has 164 valence electrons. The predicted octanol–water partition coefficient (Wildman–Crippen LogP) is 6.09. The Bertz CT molecular complexity index is 605. The topological polar surface area (TPSA) is 52.6 Å². The number of hydrogen-bond acceptors (Lipinski definition) is 4. The van der Waals surface area contributed by atoms with E-state index in [1.165, 1.54) is 0 Å². The van der Waals surface area contributed by atoms with Gasteiger partial charge in [-0.05, 0) is 43.0 Å². The molecule has 0 aliphatic heterocycles. The van der Waals surface area contributed by atoms with E-state index in [0.29, 0.717) is 45.5 Å². The molecule has 1 rings (SSSR count). The van der Waals surface area contributed by atoms with Gasteiger partial charge in [0, 0.05) is 38.9 Å². The second-order valence-electron chi connectivity index (χ2n) is 9.28. The van der Waals surface area contributed by atoms with Crippen LogP contribution in [0.3, 0.4) is 0 Å². The van der Waals surface area contributed by atoms with Crippen molar-refractivity contribution >= 4 is 19.9 Å². The summed E-state index contributed by atoms with van der Waals surface area (Å²) in [5, 5.41) is 0.190. The first kappa shape index (κ1) is 25.7. The molecule has 0 aliphatic carbocycles. The van der Waals surface area contributed by atoms with Crippen LogP contribution in [0.25, 0.3) is 0 Å². The van der Waals surface area contributed by atoms with E-state index < -0.39 is 8.32 Å². The number of Topliss-reactive ketones (excluding diaryl/α,β-unsaturated/α-hetero) is 2. The Morgan fingerprint density at radius 3 is 2.00 bits per heavy atom. The molecule has 0 amide bonds. The number of ether oxygens (including phenoxy) is 1. The van der Waals surface area contributed by atoms with Crippen LogP contribution in [0.5, 0.6) is 0 Å². The molecule has 0 aromatic heterocycles. The lowest BCUT2D eigenvalue weighted by molar-refractivity contribution is -0.124. The van der Waals surface area contributed by atoms with Gasteiger partial charge < -0.3 is 9.16 Å². The molecule has 1 aromatic carbocycles. The van der Waals surface area contributed by atoms with Gasteiger partial charge in [-0.15, -0.1) is 0 Å². The van der Waals surface area contributed by atoms with Crippen molar-refractivity contribution in [1.29, 1.82) is 0 Å². The zero-order valence-corrected chi connectivity index (χ0v) is 20.1. The molecule has 4 nitrogen and oxygen atoms in total. The number of rotatable bonds is 15. The van der Waals surface area contributed by atoms with Crippen LogP contribution in [0, 0.1) is 0 Å². The largest absolute Gasteiger partial charge is 0.417 e. The van der Waals surface area contributed by atoms with Gasteiger partial charge in [0.15, 0.2) is 8.32 Å². The van der Waals surface area contributed by atoms with Crippen LogP contribution >= 0.6 is 0 Å². The maximum Gasteiger partial charge on any atom is 0.191 e. The van der Waals surface area contributed by atoms with Gasteiger partial charge in [0.05, 0.1) is 6.61 Å². The van der Waals surface area contributed by atoms with Crippen LogP contribution in [0.15, 0.2) is 30.3 Å². The smallest absolute Gasteiger partial charge is 0.191 e. The van der Waals surface area contributed by atoms with Gasteiger partial charge in [0.1, 0.15) is 11.6 Å². The van der Waals surface area contributed by atoms with Crippen molar-refractivity contribution in [3.8, 4) is 0 Å². The molecule has 1 aromatic rings. The van der Waals surface area contributed by atoms with Gasteiger partial charge in [0.2, 0.25) is 0 Å². The van der Waals surface area contributed by atoms with E-state index in [1.54, 1.807) is 0 Å². The highest BCUT2D eigenvalue weighted by Crippen LogP contribution is 2.36. The number of ketones is 2. The van der Waals surface area contributed by atoms with Crippen LogP contribution in [-0.2, 0) is 25.4 Å². The Labute approximate surface area is 178 Å². The number of hydrogen-bond donors (Lipinski definition) is 0. The fourth-order valence-corrected chi connectivity index (χ4v) is 3.72. The summed E-state index contributed by atoms with van der Waals surface area (Å²) >= 11 is 0. The highest BCUT2D eigenvalue weighted by atomic mass is 28.4. The Balaban J connectivity index is 2.01. The molecule has 0 radical (unpaired) electrons. The molecule has 0 heterocycles. The first-order valence-electron chi connectivity index (χ1n) is 10.9. The summed E-state index contributed by atoms with van der Waals surface area (Å²) in [6.07, 6.45) is 4.22. The van der Waals surface area contributed by atoms with Crippen molar-refractivity contribution in [3.63, 3.8) is 0 Å². The molecular formula is C24H40O4Si. The fraction of sp³-hybridized carbons (Fsp3) is 0.667. The Kier molecular flexibility index (Phi) is 11.6. The van der Waals surface area contributed by atoms with Crippen LogP contribution < -0.4 is 0 Å². The lowest BCUT2D eigenvalue weighted by Gasteiger charge is -2.36. The molecule has 29 heavy (non-hydrogen) atoms. The van der Waals surface area contributed by atoms with Gasteiger partial charge in [0.25, 0.3) is 0 Å². The predicted molar refractivity (Wildman–Crippen MR) is 122 cm³/mol. The number of benzene rings is 1. The summed E-state index contributed by atoms with van der Waals surface area (Å²) in [5.41, 5.74) is 1.16. The lowest BCUT2D eigenvalue weighted by Crippen LogP contribution is -2.41. The van der Waals surface area contributed by atoms with E-state index in [2.05, 4.69) is 33.9 Å². The number of carbonyl (C=O) groups is 2. The van der Waals surface area contributed by atoms with Gasteiger partial charge in [-0.25, -0.2) is 0 Å². The second-order valence-corrected chi connectivity index (χ2v) is 14.1. The quantitative estimate of drug-likeness (QED) is 0.254. The molecule has 0 aliphatic rings. The molecule has 0 unspecified atom stereocenters. The summed E-state index contributed by atoms with van der Waals surface area (Å²) in [5.74, 6) is 0.349. The minimum Gasteiger partial charge on any atom is -0.417 e. The van der Waals surface area contributed by atoms with Crippen molar-refractivity contribution in [2.24, 2.45) is 0 Å². The molecule has 0 spiro atoms. The first-order chi connectivity index (χ1) is 13.6. The van der Waals surface area contributed by atoms with Gasteiger partial charge in [-0.2, -0.15) is 0 Å². The third-order valence-electron chi connectivity index (χ3n) is 5.66. The van der Waals surface area contributed by atoms with E-state index >= 15 is 0 Å². The van der Waals surface area contributed by atoms with Gasteiger partial charge in [-0.1, -0.05) is 51.1 Å². The maximum atomic E-state index is 12.0. The van der Waals surface area contributed by atoms with Crippen molar-refractivity contribution < 1.29 is 18.8 Å². The zero-order chi connectivity index (χ0) is 21.8. The Morgan fingerprint density at radius 1 is 0.828 bits per heavy atom. The third-order valence-corrected chi connectivity index (χ3v) is 10.2. The van der Waals surface area contributed by atoms with Crippen molar-refractivity contribution in [1.82, 2.24) is 0 Å². The van der Waals surface area contributed by atoms with E-state index in [-0.39, 0.29) is 16.6 Å². The molecule has 0 N–H and O–H groups in total. The van der Waals surface area contributed by atoms with Crippen LogP contribution in [-0.4, -0.2) is 33.1 Å². The summed E-state index contributed by atoms with van der Waals surface area (Å²) in [6.45, 7) is 13.0. The minimum atomic E-state index is -1.73. The van der Waals surface area contributed by atoms with E-state index in [9.17, 15) is 9.59 Å². The number of unbranched alkanes of at least 4 members (excludes halogenated alkanes) is 1. The van der Waals surface area contributed by atoms with Crippen molar-refractivity contribution in [2.45, 2.75) is 90.5 Å². The Hall–Kier alpha value is -1.30. The average molecular weight is 421 g/mol. The number of carbonyl (C=O) groups excluding carboxylic acids is 2. The lowest BCUT2D eigenvalue weighted by atomic mass is 10.1. The molecule has 0 fully saturated rings. The average Bonchev–Trinajstić information content (AvgIpc) is 2.66. The molecule has 5 heteroatoms. The molecular weight excluding hydrogens is 380 g/mol. The van der Waals surface area contributed by atoms with E-state index in [4.69, 9.17) is 9.16 Å². The molecule has 0 atom stereocenters. The molecule has 0 saturated heterocycles. The first-order valence-corrected chi connectivity index (χ1v) is 13.8. The van der Waals surface area contributed by atoms with Gasteiger partial charge >= 0.3 is 0 Å². The molecule has 0 saturated carbocycles. The Morgan fingerprint density at radius 2 is 1.41 bits per heavy atom.